The first-order valence-corrected chi connectivity index (χ1v) is 14.4. The normalized spacial score (nSPS) is 11.5. The van der Waals surface area contributed by atoms with Gasteiger partial charge in [-0.1, -0.05) is 26.0 Å². The molecule has 0 radical (unpaired) electrons. The predicted octanol–water partition coefficient (Wildman–Crippen LogP) is 7.10. The van der Waals surface area contributed by atoms with Crippen LogP contribution in [0, 0.1) is 30.9 Å². The van der Waals surface area contributed by atoms with Crippen LogP contribution in [0.15, 0.2) is 70.6 Å². The van der Waals surface area contributed by atoms with Gasteiger partial charge in [0.15, 0.2) is 5.82 Å². The summed E-state index contributed by atoms with van der Waals surface area (Å²) in [5, 5.41) is 17.1. The van der Waals surface area contributed by atoms with Crippen molar-refractivity contribution < 1.29 is 14.4 Å². The van der Waals surface area contributed by atoms with E-state index in [4.69, 9.17) is 14.5 Å². The van der Waals surface area contributed by atoms with Crippen molar-refractivity contribution in [2.75, 3.05) is 13.7 Å². The van der Waals surface area contributed by atoms with Gasteiger partial charge in [0, 0.05) is 22.5 Å². The molecule has 5 aromatic rings. The Morgan fingerprint density at radius 3 is 2.50 bits per heavy atom. The van der Waals surface area contributed by atoms with Gasteiger partial charge in [0.2, 0.25) is 0 Å². The van der Waals surface area contributed by atoms with Crippen molar-refractivity contribution in [3.63, 3.8) is 0 Å². The molecule has 0 spiro atoms. The molecule has 0 saturated carbocycles. The van der Waals surface area contributed by atoms with E-state index in [1.54, 1.807) is 35.0 Å². The molecule has 0 bridgehead atoms. The summed E-state index contributed by atoms with van der Waals surface area (Å²) in [5.41, 5.74) is 5.46. The molecule has 44 heavy (non-hydrogen) atoms. The van der Waals surface area contributed by atoms with Crippen LogP contribution in [-0.4, -0.2) is 39.1 Å². The molecule has 10 nitrogen and oxygen atoms in total. The number of aromatic nitrogens is 3. The summed E-state index contributed by atoms with van der Waals surface area (Å²) in [5.74, 6) is 1.78. The first-order chi connectivity index (χ1) is 21.0. The lowest BCUT2D eigenvalue weighted by molar-refractivity contribution is -0.384. The molecule has 0 saturated heterocycles. The highest BCUT2D eigenvalue weighted by molar-refractivity contribution is 5.84. The Bertz CT molecular complexity index is 1990. The highest BCUT2D eigenvalue weighted by Crippen LogP contribution is 2.35. The van der Waals surface area contributed by atoms with Crippen LogP contribution in [0.3, 0.4) is 0 Å². The lowest BCUT2D eigenvalue weighted by Crippen LogP contribution is -2.21. The number of hydrogen-bond donors (Lipinski definition) is 0. The van der Waals surface area contributed by atoms with Crippen LogP contribution in [0.5, 0.6) is 11.5 Å². The van der Waals surface area contributed by atoms with Crippen molar-refractivity contribution in [1.29, 1.82) is 0 Å². The Morgan fingerprint density at radius 2 is 1.82 bits per heavy atom. The second-order valence-electron chi connectivity index (χ2n) is 10.9. The molecule has 0 aliphatic carbocycles. The zero-order valence-electron chi connectivity index (χ0n) is 25.9. The predicted molar refractivity (Wildman–Crippen MR) is 173 cm³/mol. The first-order valence-electron chi connectivity index (χ1n) is 14.4. The van der Waals surface area contributed by atoms with Crippen LogP contribution in [0.1, 0.15) is 54.8 Å². The highest BCUT2D eigenvalue weighted by Gasteiger charge is 2.22. The molecular formula is C34H35N5O5. The summed E-state index contributed by atoms with van der Waals surface area (Å²) in [6, 6.07) is 17.8. The van der Waals surface area contributed by atoms with E-state index in [1.165, 1.54) is 17.9 Å². The molecule has 0 N–H and O–H groups in total. The molecule has 0 fully saturated rings. The zero-order chi connectivity index (χ0) is 31.7. The topological polar surface area (TPSA) is 114 Å². The highest BCUT2D eigenvalue weighted by atomic mass is 16.6. The average Bonchev–Trinajstić information content (AvgIpc) is 3.28. The van der Waals surface area contributed by atoms with Gasteiger partial charge in [-0.15, -0.1) is 0 Å². The number of fused-ring (bicyclic) bond motifs is 1. The molecule has 3 aromatic carbocycles. The van der Waals surface area contributed by atoms with E-state index in [9.17, 15) is 14.9 Å². The van der Waals surface area contributed by atoms with E-state index >= 15 is 0 Å². The minimum absolute atomic E-state index is 0.0844. The van der Waals surface area contributed by atoms with Crippen LogP contribution in [0.25, 0.3) is 28.0 Å². The van der Waals surface area contributed by atoms with Gasteiger partial charge in [-0.2, -0.15) is 9.78 Å². The number of rotatable bonds is 9. The summed E-state index contributed by atoms with van der Waals surface area (Å²) < 4.78 is 14.3. The van der Waals surface area contributed by atoms with E-state index in [1.807, 2.05) is 58.0 Å². The summed E-state index contributed by atoms with van der Waals surface area (Å²) in [4.78, 5) is 30.3. The fraction of sp³-hybridized carbons (Fsp3) is 0.265. The fourth-order valence-corrected chi connectivity index (χ4v) is 5.45. The lowest BCUT2D eigenvalue weighted by Gasteiger charge is -2.18. The van der Waals surface area contributed by atoms with Crippen LogP contribution in [-0.2, 0) is 0 Å². The van der Waals surface area contributed by atoms with Crippen LogP contribution >= 0.6 is 0 Å². The third-order valence-corrected chi connectivity index (χ3v) is 7.68. The summed E-state index contributed by atoms with van der Waals surface area (Å²) in [6.45, 7) is 12.4. The number of hydrogen-bond acceptors (Lipinski definition) is 7. The standard InChI is InChI=1S/C34H35N5O5/c1-8-44-32-15-21(4)28(18-27(32)20(2)3)33-36-29-12-10-9-11-26(29)34(40)38(33)35-19-24-16-22(5)37(23(24)6)30-14-13-25(43-7)17-31(30)39(41)42/h9-20H,8H2,1-7H3. The largest absolute Gasteiger partial charge is 0.496 e. The number of nitro groups is 1. The van der Waals surface area contributed by atoms with Crippen molar-refractivity contribution in [3.05, 3.63) is 109 Å². The van der Waals surface area contributed by atoms with Gasteiger partial charge in [0.25, 0.3) is 11.2 Å². The zero-order valence-corrected chi connectivity index (χ0v) is 25.9. The molecule has 5 rings (SSSR count). The minimum Gasteiger partial charge on any atom is -0.496 e. The number of aryl methyl sites for hydroxylation is 2. The molecule has 226 valence electrons. The van der Waals surface area contributed by atoms with Crippen molar-refractivity contribution in [2.24, 2.45) is 5.10 Å². The summed E-state index contributed by atoms with van der Waals surface area (Å²) in [6.07, 6.45) is 1.60. The van der Waals surface area contributed by atoms with Crippen molar-refractivity contribution in [3.8, 4) is 28.6 Å². The van der Waals surface area contributed by atoms with Crippen molar-refractivity contribution in [1.82, 2.24) is 14.2 Å². The number of benzene rings is 3. The number of ether oxygens (including phenoxy) is 2. The Morgan fingerprint density at radius 1 is 1.07 bits per heavy atom. The lowest BCUT2D eigenvalue weighted by atomic mass is 9.96. The van der Waals surface area contributed by atoms with Gasteiger partial charge < -0.3 is 14.0 Å². The molecule has 0 amide bonds. The van der Waals surface area contributed by atoms with Gasteiger partial charge in [-0.25, -0.2) is 4.98 Å². The van der Waals surface area contributed by atoms with Gasteiger partial charge in [-0.3, -0.25) is 14.9 Å². The molecule has 10 heteroatoms. The quantitative estimate of drug-likeness (QED) is 0.102. The fourth-order valence-electron chi connectivity index (χ4n) is 5.45. The van der Waals surface area contributed by atoms with Gasteiger partial charge >= 0.3 is 0 Å². The number of nitrogens with zero attached hydrogens (tertiary/aromatic N) is 5. The van der Waals surface area contributed by atoms with E-state index in [0.29, 0.717) is 40.3 Å². The second-order valence-corrected chi connectivity index (χ2v) is 10.9. The molecule has 0 aliphatic rings. The third-order valence-electron chi connectivity index (χ3n) is 7.68. The Labute approximate surface area is 255 Å². The van der Waals surface area contributed by atoms with E-state index < -0.39 is 4.92 Å². The molecule has 2 aromatic heterocycles. The third kappa shape index (κ3) is 5.46. The maximum Gasteiger partial charge on any atom is 0.296 e. The van der Waals surface area contributed by atoms with E-state index in [-0.39, 0.29) is 17.2 Å². The second kappa shape index (κ2) is 12.2. The number of methoxy groups -OCH3 is 1. The molecule has 0 unspecified atom stereocenters. The van der Waals surface area contributed by atoms with E-state index in [0.717, 1.165) is 33.8 Å². The van der Waals surface area contributed by atoms with Crippen LogP contribution in [0.2, 0.25) is 0 Å². The first kappa shape index (κ1) is 30.2. The minimum atomic E-state index is -0.429. The molecule has 2 heterocycles. The van der Waals surface area contributed by atoms with Crippen molar-refractivity contribution in [2.45, 2.75) is 47.5 Å². The summed E-state index contributed by atoms with van der Waals surface area (Å²) in [7, 11) is 1.47. The maximum absolute atomic E-state index is 13.9. The molecule has 0 aliphatic heterocycles. The maximum atomic E-state index is 13.9. The molecule has 0 atom stereocenters. The van der Waals surface area contributed by atoms with Crippen LogP contribution in [0.4, 0.5) is 5.69 Å². The Balaban J connectivity index is 1.70. The number of nitro benzene ring substituents is 1. The average molecular weight is 594 g/mol. The van der Waals surface area contributed by atoms with E-state index in [2.05, 4.69) is 18.9 Å². The summed E-state index contributed by atoms with van der Waals surface area (Å²) >= 11 is 0. The monoisotopic (exact) mass is 593 g/mol. The van der Waals surface area contributed by atoms with Gasteiger partial charge in [0.1, 0.15) is 17.2 Å². The van der Waals surface area contributed by atoms with Gasteiger partial charge in [0.05, 0.1) is 41.8 Å². The SMILES string of the molecule is CCOc1cc(C)c(-c2nc3ccccc3c(=O)n2N=Cc2cc(C)n(-c3ccc(OC)cc3[N+](=O)[O-])c2C)cc1C(C)C. The Hall–Kier alpha value is -5.25. The van der Waals surface area contributed by atoms with Gasteiger partial charge in [-0.05, 0) is 87.2 Å². The van der Waals surface area contributed by atoms with Crippen molar-refractivity contribution >= 4 is 22.8 Å². The Kier molecular flexibility index (Phi) is 8.35. The van der Waals surface area contributed by atoms with Crippen LogP contribution < -0.4 is 15.0 Å². The smallest absolute Gasteiger partial charge is 0.296 e. The molecular weight excluding hydrogens is 558 g/mol. The number of para-hydroxylation sites is 1.